The first-order valence-corrected chi connectivity index (χ1v) is 3.86. The lowest BCUT2D eigenvalue weighted by atomic mass is 10.1. The maximum Gasteiger partial charge on any atom is 0.336 e. The van der Waals surface area contributed by atoms with Crippen molar-refractivity contribution in [2.24, 2.45) is 0 Å². The molecule has 0 saturated heterocycles. The van der Waals surface area contributed by atoms with Crippen molar-refractivity contribution in [3.8, 4) is 0 Å². The van der Waals surface area contributed by atoms with Crippen LogP contribution in [-0.2, 0) is 0 Å². The minimum atomic E-state index is -0.921. The number of nitrogens with one attached hydrogen (secondary N) is 1. The van der Waals surface area contributed by atoms with Crippen molar-refractivity contribution in [3.05, 3.63) is 29.6 Å². The molecule has 13 heavy (non-hydrogen) atoms. The highest BCUT2D eigenvalue weighted by Crippen LogP contribution is 2.19. The smallest absolute Gasteiger partial charge is 0.336 e. The SMILES string of the molecule is Cc1c[nH]c2nccc(C(=O)O)c12. The van der Waals surface area contributed by atoms with Crippen molar-refractivity contribution in [3.63, 3.8) is 0 Å². The second-order valence-electron chi connectivity index (χ2n) is 2.86. The van der Waals surface area contributed by atoms with Crippen LogP contribution in [0, 0.1) is 6.92 Å². The molecule has 2 N–H and O–H groups in total. The van der Waals surface area contributed by atoms with Gasteiger partial charge in [-0.05, 0) is 18.6 Å². The number of nitrogens with zero attached hydrogens (tertiary/aromatic N) is 1. The number of aryl methyl sites for hydroxylation is 1. The number of hydrogen-bond acceptors (Lipinski definition) is 2. The molecule has 0 atom stereocenters. The molecule has 0 aliphatic rings. The van der Waals surface area contributed by atoms with E-state index in [2.05, 4.69) is 9.97 Å². The number of H-pyrrole nitrogens is 1. The fourth-order valence-corrected chi connectivity index (χ4v) is 1.40. The molecule has 0 aliphatic heterocycles. The van der Waals surface area contributed by atoms with Gasteiger partial charge in [-0.25, -0.2) is 9.78 Å². The third-order valence-electron chi connectivity index (χ3n) is 2.00. The summed E-state index contributed by atoms with van der Waals surface area (Å²) < 4.78 is 0. The van der Waals surface area contributed by atoms with Gasteiger partial charge in [0.05, 0.1) is 5.56 Å². The molecule has 2 aromatic rings. The van der Waals surface area contributed by atoms with E-state index in [-0.39, 0.29) is 0 Å². The Kier molecular flexibility index (Phi) is 1.55. The fourth-order valence-electron chi connectivity index (χ4n) is 1.40. The van der Waals surface area contributed by atoms with Gasteiger partial charge in [0.25, 0.3) is 0 Å². The van der Waals surface area contributed by atoms with Crippen LogP contribution >= 0.6 is 0 Å². The van der Waals surface area contributed by atoms with Gasteiger partial charge in [-0.15, -0.1) is 0 Å². The molecule has 2 heterocycles. The number of pyridine rings is 1. The molecule has 0 unspecified atom stereocenters. The summed E-state index contributed by atoms with van der Waals surface area (Å²) in [7, 11) is 0. The zero-order valence-electron chi connectivity index (χ0n) is 7.03. The molecular weight excluding hydrogens is 168 g/mol. The monoisotopic (exact) mass is 176 g/mol. The first kappa shape index (κ1) is 7.79. The van der Waals surface area contributed by atoms with Crippen molar-refractivity contribution >= 4 is 17.0 Å². The number of rotatable bonds is 1. The molecule has 2 rings (SSSR count). The summed E-state index contributed by atoms with van der Waals surface area (Å²) in [4.78, 5) is 17.8. The quantitative estimate of drug-likeness (QED) is 0.693. The number of aromatic amines is 1. The molecule has 0 amide bonds. The van der Waals surface area contributed by atoms with Gasteiger partial charge in [0.1, 0.15) is 5.65 Å². The van der Waals surface area contributed by atoms with E-state index < -0.39 is 5.97 Å². The summed E-state index contributed by atoms with van der Waals surface area (Å²) in [5.41, 5.74) is 1.82. The van der Waals surface area contributed by atoms with Gasteiger partial charge in [0.2, 0.25) is 0 Å². The molecule has 0 saturated carbocycles. The van der Waals surface area contributed by atoms with E-state index >= 15 is 0 Å². The van der Waals surface area contributed by atoms with Crippen LogP contribution < -0.4 is 0 Å². The van der Waals surface area contributed by atoms with Gasteiger partial charge in [-0.3, -0.25) is 0 Å². The number of carboxylic acid groups (broad SMARTS) is 1. The van der Waals surface area contributed by atoms with Crippen LogP contribution in [0.5, 0.6) is 0 Å². The number of fused-ring (bicyclic) bond motifs is 1. The lowest BCUT2D eigenvalue weighted by Crippen LogP contribution is -1.97. The topological polar surface area (TPSA) is 66.0 Å². The van der Waals surface area contributed by atoms with Gasteiger partial charge in [0, 0.05) is 17.8 Å². The Morgan fingerprint density at radius 2 is 2.38 bits per heavy atom. The maximum absolute atomic E-state index is 10.8. The van der Waals surface area contributed by atoms with E-state index in [9.17, 15) is 4.79 Å². The molecule has 66 valence electrons. The van der Waals surface area contributed by atoms with Crippen molar-refractivity contribution in [2.75, 3.05) is 0 Å². The fraction of sp³-hybridized carbons (Fsp3) is 0.111. The molecule has 0 radical (unpaired) electrons. The van der Waals surface area contributed by atoms with Crippen molar-refractivity contribution < 1.29 is 9.90 Å². The highest BCUT2D eigenvalue weighted by Gasteiger charge is 2.11. The van der Waals surface area contributed by atoms with Crippen LogP contribution in [0.1, 0.15) is 15.9 Å². The molecule has 0 spiro atoms. The van der Waals surface area contributed by atoms with Gasteiger partial charge in [0.15, 0.2) is 0 Å². The Morgan fingerprint density at radius 3 is 3.08 bits per heavy atom. The van der Waals surface area contributed by atoms with E-state index in [0.717, 1.165) is 5.56 Å². The third-order valence-corrected chi connectivity index (χ3v) is 2.00. The lowest BCUT2D eigenvalue weighted by Gasteiger charge is -1.96. The Hall–Kier alpha value is -1.84. The minimum absolute atomic E-state index is 0.295. The van der Waals surface area contributed by atoms with Gasteiger partial charge in [-0.2, -0.15) is 0 Å². The van der Waals surface area contributed by atoms with Gasteiger partial charge < -0.3 is 10.1 Å². The van der Waals surface area contributed by atoms with E-state index in [1.165, 1.54) is 12.3 Å². The highest BCUT2D eigenvalue weighted by molar-refractivity contribution is 6.02. The minimum Gasteiger partial charge on any atom is -0.478 e. The van der Waals surface area contributed by atoms with Crippen LogP contribution in [0.25, 0.3) is 11.0 Å². The Balaban J connectivity index is 2.88. The van der Waals surface area contributed by atoms with E-state index in [4.69, 9.17) is 5.11 Å². The molecule has 0 aliphatic carbocycles. The van der Waals surface area contributed by atoms with Crippen LogP contribution in [0.4, 0.5) is 0 Å². The first-order chi connectivity index (χ1) is 6.20. The Bertz CT molecular complexity index is 473. The average Bonchev–Trinajstić information content (AvgIpc) is 2.48. The predicted octanol–water partition coefficient (Wildman–Crippen LogP) is 1.57. The first-order valence-electron chi connectivity index (χ1n) is 3.86. The zero-order chi connectivity index (χ0) is 9.42. The summed E-state index contributed by atoms with van der Waals surface area (Å²) in [6.45, 7) is 1.85. The van der Waals surface area contributed by atoms with Crippen molar-refractivity contribution in [2.45, 2.75) is 6.92 Å². The number of aromatic carboxylic acids is 1. The summed E-state index contributed by atoms with van der Waals surface area (Å²) >= 11 is 0. The number of aromatic nitrogens is 2. The van der Waals surface area contributed by atoms with Crippen LogP contribution in [0.2, 0.25) is 0 Å². The Labute approximate surface area is 74.2 Å². The average molecular weight is 176 g/mol. The third kappa shape index (κ3) is 1.07. The van der Waals surface area contributed by atoms with Crippen LogP contribution in [0.15, 0.2) is 18.5 Å². The number of carbonyl (C=O) groups is 1. The molecule has 0 fully saturated rings. The van der Waals surface area contributed by atoms with Crippen LogP contribution in [-0.4, -0.2) is 21.0 Å². The lowest BCUT2D eigenvalue weighted by molar-refractivity contribution is 0.0699. The second-order valence-corrected chi connectivity index (χ2v) is 2.86. The Morgan fingerprint density at radius 1 is 1.62 bits per heavy atom. The van der Waals surface area contributed by atoms with E-state index in [0.29, 0.717) is 16.6 Å². The largest absolute Gasteiger partial charge is 0.478 e. The summed E-state index contributed by atoms with van der Waals surface area (Å²) in [6.07, 6.45) is 3.24. The maximum atomic E-state index is 10.8. The predicted molar refractivity (Wildman–Crippen MR) is 47.8 cm³/mol. The number of carboxylic acids is 1. The number of hydrogen-bond donors (Lipinski definition) is 2. The molecule has 4 heteroatoms. The summed E-state index contributed by atoms with van der Waals surface area (Å²) in [6, 6.07) is 1.51. The molecule has 4 nitrogen and oxygen atoms in total. The summed E-state index contributed by atoms with van der Waals surface area (Å²) in [5.74, 6) is -0.921. The summed E-state index contributed by atoms with van der Waals surface area (Å²) in [5, 5.41) is 9.57. The molecule has 2 aromatic heterocycles. The van der Waals surface area contributed by atoms with E-state index in [1.54, 1.807) is 6.20 Å². The van der Waals surface area contributed by atoms with Crippen molar-refractivity contribution in [1.29, 1.82) is 0 Å². The molecule has 0 bridgehead atoms. The molecular formula is C9H8N2O2. The van der Waals surface area contributed by atoms with Crippen LogP contribution in [0.3, 0.4) is 0 Å². The normalized spacial score (nSPS) is 10.5. The van der Waals surface area contributed by atoms with Crippen molar-refractivity contribution in [1.82, 2.24) is 9.97 Å². The zero-order valence-corrected chi connectivity index (χ0v) is 7.03. The van der Waals surface area contributed by atoms with Gasteiger partial charge >= 0.3 is 5.97 Å². The van der Waals surface area contributed by atoms with Gasteiger partial charge in [-0.1, -0.05) is 0 Å². The standard InChI is InChI=1S/C9H8N2O2/c1-5-4-11-8-7(5)6(9(12)13)2-3-10-8/h2-4H,1H3,(H,10,11)(H,12,13). The highest BCUT2D eigenvalue weighted by atomic mass is 16.4. The molecule has 0 aromatic carbocycles. The van der Waals surface area contributed by atoms with E-state index in [1.807, 2.05) is 6.92 Å². The second kappa shape index (κ2) is 2.58.